The molecule has 18 heavy (non-hydrogen) atoms. The van der Waals surface area contributed by atoms with Crippen LogP contribution in [0.2, 0.25) is 5.02 Å². The van der Waals surface area contributed by atoms with Gasteiger partial charge in [0, 0.05) is 4.47 Å². The number of anilines is 1. The molecule has 9 heteroatoms. The Morgan fingerprint density at radius 1 is 1.50 bits per heavy atom. The zero-order chi connectivity index (χ0) is 13.8. The minimum atomic E-state index is -4.02. The number of carbonyl (C=O) groups excluding carboxylic acids is 1. The Morgan fingerprint density at radius 2 is 2.17 bits per heavy atom. The summed E-state index contributed by atoms with van der Waals surface area (Å²) in [7, 11) is -4.02. The third kappa shape index (κ3) is 4.71. The molecule has 0 saturated heterocycles. The molecule has 100 valence electrons. The molecule has 0 aromatic heterocycles. The summed E-state index contributed by atoms with van der Waals surface area (Å²) in [5.41, 5.74) is 0.253. The number of hydrogen-bond donors (Lipinski definition) is 2. The molecular formula is C9H10BrClN2O4S. The standard InChI is InChI=1S/C9H10BrClN2O4S/c1-2-17-9(14)13-18(15,16)12-6-3-4-8(11)7(10)5-6/h3-5,12H,2H2,1H3,(H,13,14). The number of halogens is 2. The van der Waals surface area contributed by atoms with E-state index < -0.39 is 16.3 Å². The largest absolute Gasteiger partial charge is 0.449 e. The highest BCUT2D eigenvalue weighted by Gasteiger charge is 2.15. The normalized spacial score (nSPS) is 10.8. The van der Waals surface area contributed by atoms with Crippen molar-refractivity contribution in [2.24, 2.45) is 0 Å². The van der Waals surface area contributed by atoms with Gasteiger partial charge in [-0.3, -0.25) is 4.72 Å². The van der Waals surface area contributed by atoms with Crippen molar-refractivity contribution < 1.29 is 17.9 Å². The fraction of sp³-hybridized carbons (Fsp3) is 0.222. The quantitative estimate of drug-likeness (QED) is 0.867. The smallest absolute Gasteiger partial charge is 0.422 e. The number of amides is 1. The highest BCUT2D eigenvalue weighted by atomic mass is 79.9. The highest BCUT2D eigenvalue weighted by Crippen LogP contribution is 2.25. The minimum absolute atomic E-state index is 0.0772. The molecule has 0 atom stereocenters. The second-order valence-electron chi connectivity index (χ2n) is 3.06. The van der Waals surface area contributed by atoms with E-state index in [4.69, 9.17) is 11.6 Å². The first-order valence-corrected chi connectivity index (χ1v) is 7.42. The molecule has 0 fully saturated rings. The second-order valence-corrected chi connectivity index (χ2v) is 5.73. The van der Waals surface area contributed by atoms with Crippen LogP contribution in [0.25, 0.3) is 0 Å². The molecule has 0 aliphatic carbocycles. The molecule has 1 amide bonds. The number of benzene rings is 1. The van der Waals surface area contributed by atoms with E-state index in [2.05, 4.69) is 25.4 Å². The van der Waals surface area contributed by atoms with E-state index in [1.54, 1.807) is 11.6 Å². The molecule has 1 rings (SSSR count). The SMILES string of the molecule is CCOC(=O)NS(=O)(=O)Nc1ccc(Cl)c(Br)c1. The zero-order valence-corrected chi connectivity index (χ0v) is 12.4. The van der Waals surface area contributed by atoms with Gasteiger partial charge in [-0.15, -0.1) is 0 Å². The van der Waals surface area contributed by atoms with E-state index in [1.165, 1.54) is 18.2 Å². The van der Waals surface area contributed by atoms with Crippen LogP contribution in [-0.2, 0) is 14.9 Å². The summed E-state index contributed by atoms with van der Waals surface area (Å²) in [6.07, 6.45) is -1.04. The van der Waals surface area contributed by atoms with Crippen molar-refractivity contribution >= 4 is 49.5 Å². The first-order valence-electron chi connectivity index (χ1n) is 4.76. The van der Waals surface area contributed by atoms with Crippen molar-refractivity contribution in [1.82, 2.24) is 4.72 Å². The number of hydrogen-bond acceptors (Lipinski definition) is 4. The third-order valence-corrected chi connectivity index (χ3v) is 3.82. The molecule has 0 heterocycles. The first kappa shape index (κ1) is 15.1. The molecule has 2 N–H and O–H groups in total. The lowest BCUT2D eigenvalue weighted by Crippen LogP contribution is -2.35. The monoisotopic (exact) mass is 356 g/mol. The Hall–Kier alpha value is -0.990. The molecule has 0 saturated carbocycles. The van der Waals surface area contributed by atoms with Crippen LogP contribution in [0.1, 0.15) is 6.92 Å². The molecule has 0 radical (unpaired) electrons. The van der Waals surface area contributed by atoms with Gasteiger partial charge in [-0.1, -0.05) is 11.6 Å². The average Bonchev–Trinajstić information content (AvgIpc) is 2.22. The molecule has 0 unspecified atom stereocenters. The second kappa shape index (κ2) is 6.26. The lowest BCUT2D eigenvalue weighted by Gasteiger charge is -2.09. The van der Waals surface area contributed by atoms with E-state index in [9.17, 15) is 13.2 Å². The van der Waals surface area contributed by atoms with Crippen LogP contribution in [0.4, 0.5) is 10.5 Å². The van der Waals surface area contributed by atoms with Crippen LogP contribution in [0.5, 0.6) is 0 Å². The van der Waals surface area contributed by atoms with Crippen molar-refractivity contribution in [3.8, 4) is 0 Å². The van der Waals surface area contributed by atoms with Crippen LogP contribution in [0, 0.1) is 0 Å². The summed E-state index contributed by atoms with van der Waals surface area (Å²) < 4.78 is 31.8. The Bertz CT molecular complexity index is 549. The molecule has 1 aromatic carbocycles. The summed E-state index contributed by atoms with van der Waals surface area (Å²) in [4.78, 5) is 11.0. The van der Waals surface area contributed by atoms with Gasteiger partial charge in [0.25, 0.3) is 0 Å². The van der Waals surface area contributed by atoms with Gasteiger partial charge in [-0.2, -0.15) is 8.42 Å². The summed E-state index contributed by atoms with van der Waals surface area (Å²) in [5.74, 6) is 0. The van der Waals surface area contributed by atoms with E-state index in [-0.39, 0.29) is 12.3 Å². The predicted octanol–water partition coefficient (Wildman–Crippen LogP) is 2.51. The van der Waals surface area contributed by atoms with Gasteiger partial charge in [-0.05, 0) is 41.1 Å². The molecule has 0 bridgehead atoms. The average molecular weight is 358 g/mol. The predicted molar refractivity (Wildman–Crippen MR) is 71.9 cm³/mol. The van der Waals surface area contributed by atoms with E-state index in [0.29, 0.717) is 9.50 Å². The van der Waals surface area contributed by atoms with Crippen molar-refractivity contribution in [3.63, 3.8) is 0 Å². The van der Waals surface area contributed by atoms with Gasteiger partial charge >= 0.3 is 16.3 Å². The Balaban J connectivity index is 2.76. The molecule has 0 spiro atoms. The van der Waals surface area contributed by atoms with Crippen molar-refractivity contribution in [3.05, 3.63) is 27.7 Å². The van der Waals surface area contributed by atoms with Crippen LogP contribution < -0.4 is 9.44 Å². The number of ether oxygens (including phenoxy) is 1. The molecule has 0 aliphatic heterocycles. The van der Waals surface area contributed by atoms with Gasteiger partial charge < -0.3 is 4.74 Å². The topological polar surface area (TPSA) is 84.5 Å². The number of rotatable bonds is 4. The molecule has 6 nitrogen and oxygen atoms in total. The highest BCUT2D eigenvalue weighted by molar-refractivity contribution is 9.10. The van der Waals surface area contributed by atoms with Crippen molar-refractivity contribution in [2.75, 3.05) is 11.3 Å². The fourth-order valence-corrected chi connectivity index (χ4v) is 2.27. The van der Waals surface area contributed by atoms with E-state index >= 15 is 0 Å². The van der Waals surface area contributed by atoms with Gasteiger partial charge in [0.1, 0.15) is 0 Å². The lowest BCUT2D eigenvalue weighted by atomic mass is 10.3. The van der Waals surface area contributed by atoms with Crippen LogP contribution in [0.3, 0.4) is 0 Å². The number of carbonyl (C=O) groups is 1. The number of nitrogens with one attached hydrogen (secondary N) is 2. The summed E-state index contributed by atoms with van der Waals surface area (Å²) in [6, 6.07) is 4.43. The maximum Gasteiger partial charge on any atom is 0.422 e. The maximum absolute atomic E-state index is 11.5. The van der Waals surface area contributed by atoms with E-state index in [0.717, 1.165) is 0 Å². The van der Waals surface area contributed by atoms with Gasteiger partial charge in [0.2, 0.25) is 0 Å². The van der Waals surface area contributed by atoms with Crippen molar-refractivity contribution in [2.45, 2.75) is 6.92 Å². The van der Waals surface area contributed by atoms with Crippen molar-refractivity contribution in [1.29, 1.82) is 0 Å². The lowest BCUT2D eigenvalue weighted by molar-refractivity contribution is 0.159. The molecular weight excluding hydrogens is 348 g/mol. The van der Waals surface area contributed by atoms with Gasteiger partial charge in [0.05, 0.1) is 17.3 Å². The van der Waals surface area contributed by atoms with Crippen LogP contribution >= 0.6 is 27.5 Å². The van der Waals surface area contributed by atoms with Crippen LogP contribution in [-0.4, -0.2) is 21.1 Å². The summed E-state index contributed by atoms with van der Waals surface area (Å²) in [5, 5.41) is 0.441. The maximum atomic E-state index is 11.5. The molecule has 0 aliphatic rings. The Labute approximate surface area is 118 Å². The zero-order valence-electron chi connectivity index (χ0n) is 9.24. The third-order valence-electron chi connectivity index (χ3n) is 1.66. The Morgan fingerprint density at radius 3 is 2.72 bits per heavy atom. The minimum Gasteiger partial charge on any atom is -0.449 e. The summed E-state index contributed by atoms with van der Waals surface area (Å²) >= 11 is 8.91. The van der Waals surface area contributed by atoms with Gasteiger partial charge in [-0.25, -0.2) is 9.52 Å². The van der Waals surface area contributed by atoms with E-state index in [1.807, 2.05) is 0 Å². The Kier molecular flexibility index (Phi) is 5.24. The first-order chi connectivity index (χ1) is 8.34. The molecule has 1 aromatic rings. The fourth-order valence-electron chi connectivity index (χ4n) is 1.01. The van der Waals surface area contributed by atoms with Crippen LogP contribution in [0.15, 0.2) is 22.7 Å². The summed E-state index contributed by atoms with van der Waals surface area (Å²) in [6.45, 7) is 1.64. The van der Waals surface area contributed by atoms with Gasteiger partial charge in [0.15, 0.2) is 0 Å².